The van der Waals surface area contributed by atoms with E-state index in [4.69, 9.17) is 24.2 Å². The first kappa shape index (κ1) is 24.3. The lowest BCUT2D eigenvalue weighted by Gasteiger charge is -2.18. The SMILES string of the molecule is CCOc1cc(C(=O)NNC(=O)[C@@H](C)Oc2ccc(C#N)cc2)cc(OCC)c1OCC. The summed E-state index contributed by atoms with van der Waals surface area (Å²) in [7, 11) is 0. The van der Waals surface area contributed by atoms with Crippen LogP contribution in [0.5, 0.6) is 23.0 Å². The monoisotopic (exact) mass is 441 g/mol. The number of carbonyl (C=O) groups is 2. The van der Waals surface area contributed by atoms with E-state index in [0.717, 1.165) is 0 Å². The first-order valence-corrected chi connectivity index (χ1v) is 10.3. The summed E-state index contributed by atoms with van der Waals surface area (Å²) >= 11 is 0. The van der Waals surface area contributed by atoms with Gasteiger partial charge in [0.05, 0.1) is 31.5 Å². The van der Waals surface area contributed by atoms with Crippen molar-refractivity contribution in [1.82, 2.24) is 10.9 Å². The third-order valence-corrected chi connectivity index (χ3v) is 4.14. The number of hydrogen-bond acceptors (Lipinski definition) is 7. The van der Waals surface area contributed by atoms with E-state index in [1.165, 1.54) is 19.1 Å². The molecule has 1 atom stereocenters. The van der Waals surface area contributed by atoms with Crippen LogP contribution < -0.4 is 29.8 Å². The Morgan fingerprint density at radius 3 is 2.00 bits per heavy atom. The molecule has 9 heteroatoms. The van der Waals surface area contributed by atoms with Crippen molar-refractivity contribution in [2.45, 2.75) is 33.8 Å². The molecule has 2 aromatic carbocycles. The average Bonchev–Trinajstić information content (AvgIpc) is 2.79. The van der Waals surface area contributed by atoms with Crippen molar-refractivity contribution in [1.29, 1.82) is 5.26 Å². The fraction of sp³-hybridized carbons (Fsp3) is 0.348. The molecule has 2 amide bonds. The molecule has 0 aliphatic rings. The third kappa shape index (κ3) is 6.54. The molecule has 0 unspecified atom stereocenters. The fourth-order valence-corrected chi connectivity index (χ4v) is 2.68. The van der Waals surface area contributed by atoms with Gasteiger partial charge in [0.1, 0.15) is 5.75 Å². The molecule has 0 saturated heterocycles. The van der Waals surface area contributed by atoms with Gasteiger partial charge in [-0.15, -0.1) is 0 Å². The van der Waals surface area contributed by atoms with Gasteiger partial charge < -0.3 is 18.9 Å². The van der Waals surface area contributed by atoms with Crippen molar-refractivity contribution in [3.05, 3.63) is 47.5 Å². The minimum Gasteiger partial charge on any atom is -0.490 e. The van der Waals surface area contributed by atoms with Gasteiger partial charge in [-0.25, -0.2) is 0 Å². The fourth-order valence-electron chi connectivity index (χ4n) is 2.68. The summed E-state index contributed by atoms with van der Waals surface area (Å²) in [6, 6.07) is 11.4. The highest BCUT2D eigenvalue weighted by Crippen LogP contribution is 2.39. The molecule has 0 heterocycles. The third-order valence-electron chi connectivity index (χ3n) is 4.14. The van der Waals surface area contributed by atoms with Crippen LogP contribution in [-0.2, 0) is 4.79 Å². The molecule has 0 fully saturated rings. The Kier molecular flexibility index (Phi) is 9.17. The maximum absolute atomic E-state index is 12.6. The number of hydrogen-bond donors (Lipinski definition) is 2. The minimum absolute atomic E-state index is 0.223. The number of benzene rings is 2. The van der Waals surface area contributed by atoms with Gasteiger partial charge in [0.2, 0.25) is 5.75 Å². The normalized spacial score (nSPS) is 11.0. The largest absolute Gasteiger partial charge is 0.490 e. The number of amides is 2. The van der Waals surface area contributed by atoms with Gasteiger partial charge in [0, 0.05) is 5.56 Å². The van der Waals surface area contributed by atoms with Crippen LogP contribution in [-0.4, -0.2) is 37.7 Å². The molecule has 2 aromatic rings. The van der Waals surface area contributed by atoms with Crippen LogP contribution in [0.4, 0.5) is 0 Å². The Hall–Kier alpha value is -3.93. The molecule has 0 aliphatic carbocycles. The molecule has 0 aromatic heterocycles. The molecule has 2 N–H and O–H groups in total. The van der Waals surface area contributed by atoms with Crippen molar-refractivity contribution in [2.24, 2.45) is 0 Å². The zero-order valence-corrected chi connectivity index (χ0v) is 18.6. The lowest BCUT2D eigenvalue weighted by molar-refractivity contribution is -0.128. The minimum atomic E-state index is -0.887. The molecule has 0 radical (unpaired) electrons. The molecule has 0 aliphatic heterocycles. The second kappa shape index (κ2) is 12.1. The van der Waals surface area contributed by atoms with E-state index in [0.29, 0.717) is 48.4 Å². The summed E-state index contributed by atoms with van der Waals surface area (Å²) in [6.45, 7) is 8.16. The van der Waals surface area contributed by atoms with Crippen LogP contribution in [0.15, 0.2) is 36.4 Å². The lowest BCUT2D eigenvalue weighted by Crippen LogP contribution is -2.47. The molecule has 170 valence electrons. The Morgan fingerprint density at radius 2 is 1.50 bits per heavy atom. The van der Waals surface area contributed by atoms with E-state index in [9.17, 15) is 9.59 Å². The zero-order valence-electron chi connectivity index (χ0n) is 18.6. The van der Waals surface area contributed by atoms with Crippen molar-refractivity contribution < 1.29 is 28.5 Å². The molecule has 0 spiro atoms. The number of ether oxygens (including phenoxy) is 4. The smallest absolute Gasteiger partial charge is 0.279 e. The van der Waals surface area contributed by atoms with E-state index in [1.54, 1.807) is 24.3 Å². The van der Waals surface area contributed by atoms with E-state index >= 15 is 0 Å². The predicted molar refractivity (Wildman–Crippen MR) is 117 cm³/mol. The van der Waals surface area contributed by atoms with Crippen molar-refractivity contribution in [2.75, 3.05) is 19.8 Å². The Bertz CT molecular complexity index is 942. The number of nitriles is 1. The van der Waals surface area contributed by atoms with Gasteiger partial charge in [-0.2, -0.15) is 5.26 Å². The van der Waals surface area contributed by atoms with E-state index in [-0.39, 0.29) is 5.56 Å². The number of nitrogens with zero attached hydrogens (tertiary/aromatic N) is 1. The Labute approximate surface area is 187 Å². The second-order valence-electron chi connectivity index (χ2n) is 6.44. The van der Waals surface area contributed by atoms with Crippen molar-refractivity contribution >= 4 is 11.8 Å². The van der Waals surface area contributed by atoms with E-state index in [1.807, 2.05) is 26.8 Å². The molecule has 2 rings (SSSR count). The summed E-state index contributed by atoms with van der Waals surface area (Å²) in [5, 5.41) is 8.83. The quantitative estimate of drug-likeness (QED) is 0.544. The van der Waals surface area contributed by atoms with Gasteiger partial charge in [0.25, 0.3) is 11.8 Å². The summed E-state index contributed by atoms with van der Waals surface area (Å²) in [4.78, 5) is 24.9. The summed E-state index contributed by atoms with van der Waals surface area (Å²) in [5.74, 6) is 0.467. The van der Waals surface area contributed by atoms with Crippen LogP contribution in [0.3, 0.4) is 0 Å². The molecule has 0 bridgehead atoms. The first-order valence-electron chi connectivity index (χ1n) is 10.3. The molecular weight excluding hydrogens is 414 g/mol. The average molecular weight is 441 g/mol. The highest BCUT2D eigenvalue weighted by Gasteiger charge is 2.20. The van der Waals surface area contributed by atoms with E-state index in [2.05, 4.69) is 10.9 Å². The highest BCUT2D eigenvalue weighted by molar-refractivity contribution is 5.97. The Balaban J connectivity index is 2.07. The molecule has 32 heavy (non-hydrogen) atoms. The van der Waals surface area contributed by atoms with Gasteiger partial charge in [-0.05, 0) is 64.1 Å². The van der Waals surface area contributed by atoms with Crippen LogP contribution in [0.25, 0.3) is 0 Å². The summed E-state index contributed by atoms with van der Waals surface area (Å²) < 4.78 is 22.4. The first-order chi connectivity index (χ1) is 15.4. The van der Waals surface area contributed by atoms with Crippen LogP contribution in [0.2, 0.25) is 0 Å². The van der Waals surface area contributed by atoms with Crippen molar-refractivity contribution in [3.8, 4) is 29.1 Å². The van der Waals surface area contributed by atoms with Crippen molar-refractivity contribution in [3.63, 3.8) is 0 Å². The maximum Gasteiger partial charge on any atom is 0.279 e. The second-order valence-corrected chi connectivity index (χ2v) is 6.44. The molecular formula is C23H27N3O6. The highest BCUT2D eigenvalue weighted by atomic mass is 16.5. The van der Waals surface area contributed by atoms with E-state index < -0.39 is 17.9 Å². The lowest BCUT2D eigenvalue weighted by atomic mass is 10.1. The van der Waals surface area contributed by atoms with Gasteiger partial charge in [-0.1, -0.05) is 0 Å². The molecule has 9 nitrogen and oxygen atoms in total. The molecule has 0 saturated carbocycles. The predicted octanol–water partition coefficient (Wildman–Crippen LogP) is 2.98. The number of nitrogens with one attached hydrogen (secondary N) is 2. The van der Waals surface area contributed by atoms with Gasteiger partial charge in [-0.3, -0.25) is 20.4 Å². The maximum atomic E-state index is 12.6. The van der Waals surface area contributed by atoms with Crippen LogP contribution in [0.1, 0.15) is 43.6 Å². The summed E-state index contributed by atoms with van der Waals surface area (Å²) in [6.07, 6.45) is -0.887. The Morgan fingerprint density at radius 1 is 0.938 bits per heavy atom. The zero-order chi connectivity index (χ0) is 23.5. The standard InChI is InChI=1S/C23H27N3O6/c1-5-29-19-12-17(13-20(30-6-2)21(19)31-7-3)23(28)26-25-22(27)15(4)32-18-10-8-16(14-24)9-11-18/h8-13,15H,5-7H2,1-4H3,(H,25,27)(H,26,28)/t15-/m1/s1. The van der Waals surface area contributed by atoms with Gasteiger partial charge >= 0.3 is 0 Å². The number of carbonyl (C=O) groups excluding carboxylic acids is 2. The number of rotatable bonds is 10. The van der Waals surface area contributed by atoms with Crippen LogP contribution in [0, 0.1) is 11.3 Å². The topological polar surface area (TPSA) is 119 Å². The van der Waals surface area contributed by atoms with Gasteiger partial charge in [0.15, 0.2) is 17.6 Å². The summed E-state index contributed by atoms with van der Waals surface area (Å²) in [5.41, 5.74) is 5.40. The number of hydrazine groups is 1. The van der Waals surface area contributed by atoms with Crippen LogP contribution >= 0.6 is 0 Å².